The van der Waals surface area contributed by atoms with Crippen molar-refractivity contribution in [2.75, 3.05) is 0 Å². The fourth-order valence-corrected chi connectivity index (χ4v) is 3.04. The molecule has 0 spiro atoms. The molecule has 0 radical (unpaired) electrons. The van der Waals surface area contributed by atoms with Crippen LogP contribution < -0.4 is 5.69 Å². The van der Waals surface area contributed by atoms with Crippen LogP contribution in [0.1, 0.15) is 37.0 Å². The molecule has 1 aromatic carbocycles. The third kappa shape index (κ3) is 2.94. The average molecular weight is 348 g/mol. The first-order chi connectivity index (χ1) is 12.6. The van der Waals surface area contributed by atoms with Crippen LogP contribution in [-0.2, 0) is 13.1 Å². The van der Waals surface area contributed by atoms with Crippen molar-refractivity contribution in [2.24, 2.45) is 0 Å². The molecule has 0 atom stereocenters. The Labute approximate surface area is 150 Å². The summed E-state index contributed by atoms with van der Waals surface area (Å²) >= 11 is 0. The lowest BCUT2D eigenvalue weighted by molar-refractivity contribution is 0.427. The van der Waals surface area contributed by atoms with Crippen molar-refractivity contribution in [1.29, 1.82) is 0 Å². The molecule has 3 aromatic heterocycles. The van der Waals surface area contributed by atoms with Gasteiger partial charge >= 0.3 is 5.69 Å². The standard InChI is InChI=1S/C20H20N4O2/c1-14(2)18-11-22-19(26-18)13-24-17-10-21-9-8-16(17)23(20(24)25)12-15-6-4-3-5-7-15/h3-11,14H,12-13H2,1-2H3. The van der Waals surface area contributed by atoms with Gasteiger partial charge in [0.15, 0.2) is 0 Å². The summed E-state index contributed by atoms with van der Waals surface area (Å²) in [4.78, 5) is 21.6. The van der Waals surface area contributed by atoms with Crippen LogP contribution in [-0.4, -0.2) is 19.1 Å². The number of oxazole rings is 1. The Morgan fingerprint density at radius 3 is 2.50 bits per heavy atom. The first-order valence-corrected chi connectivity index (χ1v) is 8.65. The average Bonchev–Trinajstić information content (AvgIpc) is 3.22. The molecular formula is C20H20N4O2. The van der Waals surface area contributed by atoms with Gasteiger partial charge in [-0.25, -0.2) is 9.78 Å². The summed E-state index contributed by atoms with van der Waals surface area (Å²) in [6.07, 6.45) is 5.15. The van der Waals surface area contributed by atoms with Crippen LogP contribution in [0.15, 0.2) is 64.2 Å². The summed E-state index contributed by atoms with van der Waals surface area (Å²) in [6.45, 7) is 4.89. The number of benzene rings is 1. The molecule has 6 heteroatoms. The van der Waals surface area contributed by atoms with Crippen molar-refractivity contribution in [2.45, 2.75) is 32.9 Å². The summed E-state index contributed by atoms with van der Waals surface area (Å²) in [5.74, 6) is 1.60. The van der Waals surface area contributed by atoms with Gasteiger partial charge in [-0.15, -0.1) is 0 Å². The number of pyridine rings is 1. The normalized spacial score (nSPS) is 11.5. The van der Waals surface area contributed by atoms with Gasteiger partial charge in [0.05, 0.1) is 30.0 Å². The third-order valence-corrected chi connectivity index (χ3v) is 4.44. The number of nitrogens with zero attached hydrogens (tertiary/aromatic N) is 4. The molecule has 4 aromatic rings. The Hall–Kier alpha value is -3.15. The van der Waals surface area contributed by atoms with Crippen molar-refractivity contribution >= 4 is 11.0 Å². The summed E-state index contributed by atoms with van der Waals surface area (Å²) in [5.41, 5.74) is 2.60. The largest absolute Gasteiger partial charge is 0.443 e. The second-order valence-corrected chi connectivity index (χ2v) is 6.62. The van der Waals surface area contributed by atoms with E-state index in [0.717, 1.165) is 22.4 Å². The third-order valence-electron chi connectivity index (χ3n) is 4.44. The van der Waals surface area contributed by atoms with Gasteiger partial charge in [-0.3, -0.25) is 14.1 Å². The Morgan fingerprint density at radius 2 is 1.77 bits per heavy atom. The van der Waals surface area contributed by atoms with Crippen LogP contribution in [0, 0.1) is 0 Å². The van der Waals surface area contributed by atoms with E-state index in [1.54, 1.807) is 27.7 Å². The molecule has 0 saturated carbocycles. The number of imidazole rings is 1. The van der Waals surface area contributed by atoms with Crippen LogP contribution >= 0.6 is 0 Å². The van der Waals surface area contributed by atoms with E-state index < -0.39 is 0 Å². The van der Waals surface area contributed by atoms with E-state index in [1.807, 2.05) is 50.2 Å². The molecule has 26 heavy (non-hydrogen) atoms. The number of fused-ring (bicyclic) bond motifs is 1. The highest BCUT2D eigenvalue weighted by Crippen LogP contribution is 2.18. The molecule has 0 aliphatic carbocycles. The Kier molecular flexibility index (Phi) is 4.16. The predicted molar refractivity (Wildman–Crippen MR) is 99.2 cm³/mol. The van der Waals surface area contributed by atoms with Gasteiger partial charge in [-0.1, -0.05) is 44.2 Å². The highest BCUT2D eigenvalue weighted by Gasteiger charge is 2.16. The lowest BCUT2D eigenvalue weighted by atomic mass is 10.2. The van der Waals surface area contributed by atoms with Crippen molar-refractivity contribution < 1.29 is 4.42 Å². The minimum Gasteiger partial charge on any atom is -0.443 e. The number of aromatic nitrogens is 4. The molecule has 0 N–H and O–H groups in total. The van der Waals surface area contributed by atoms with Gasteiger partial charge in [0.2, 0.25) is 5.89 Å². The van der Waals surface area contributed by atoms with E-state index in [2.05, 4.69) is 9.97 Å². The molecule has 0 aliphatic heterocycles. The second kappa shape index (κ2) is 6.63. The lowest BCUT2D eigenvalue weighted by Gasteiger charge is -2.03. The summed E-state index contributed by atoms with van der Waals surface area (Å²) < 4.78 is 9.21. The zero-order valence-electron chi connectivity index (χ0n) is 14.8. The van der Waals surface area contributed by atoms with Crippen LogP contribution in [0.4, 0.5) is 0 Å². The first kappa shape index (κ1) is 16.3. The summed E-state index contributed by atoms with van der Waals surface area (Å²) in [6, 6.07) is 11.8. The monoisotopic (exact) mass is 348 g/mol. The molecule has 0 bridgehead atoms. The zero-order valence-corrected chi connectivity index (χ0v) is 14.8. The quantitative estimate of drug-likeness (QED) is 0.554. The van der Waals surface area contributed by atoms with Crippen molar-refractivity contribution in [3.05, 3.63) is 82.7 Å². The van der Waals surface area contributed by atoms with Gasteiger partial charge in [0.25, 0.3) is 0 Å². The van der Waals surface area contributed by atoms with E-state index in [1.165, 1.54) is 0 Å². The Balaban J connectivity index is 1.77. The van der Waals surface area contributed by atoms with Crippen LogP contribution in [0.3, 0.4) is 0 Å². The molecule has 0 unspecified atom stereocenters. The van der Waals surface area contributed by atoms with Gasteiger partial charge in [0.1, 0.15) is 12.3 Å². The molecule has 0 aliphatic rings. The molecule has 6 nitrogen and oxygen atoms in total. The van der Waals surface area contributed by atoms with Gasteiger partial charge < -0.3 is 4.42 Å². The second-order valence-electron chi connectivity index (χ2n) is 6.62. The van der Waals surface area contributed by atoms with Crippen LogP contribution in [0.25, 0.3) is 11.0 Å². The van der Waals surface area contributed by atoms with Crippen LogP contribution in [0.5, 0.6) is 0 Å². The van der Waals surface area contributed by atoms with Crippen molar-refractivity contribution in [1.82, 2.24) is 19.1 Å². The summed E-state index contributed by atoms with van der Waals surface area (Å²) in [5, 5.41) is 0. The van der Waals surface area contributed by atoms with E-state index in [4.69, 9.17) is 4.42 Å². The minimum absolute atomic E-state index is 0.0962. The highest BCUT2D eigenvalue weighted by atomic mass is 16.4. The van der Waals surface area contributed by atoms with Crippen molar-refractivity contribution in [3.8, 4) is 0 Å². The smallest absolute Gasteiger partial charge is 0.329 e. The fraction of sp³-hybridized carbons (Fsp3) is 0.250. The number of hydrogen-bond acceptors (Lipinski definition) is 4. The Bertz CT molecular complexity index is 1090. The van der Waals surface area contributed by atoms with E-state index in [0.29, 0.717) is 12.4 Å². The zero-order chi connectivity index (χ0) is 18.1. The maximum absolute atomic E-state index is 13.1. The SMILES string of the molecule is CC(C)c1cnc(Cn2c(=O)n(Cc3ccccc3)c3ccncc32)o1. The molecular weight excluding hydrogens is 328 g/mol. The number of rotatable bonds is 5. The van der Waals surface area contributed by atoms with E-state index >= 15 is 0 Å². The summed E-state index contributed by atoms with van der Waals surface area (Å²) in [7, 11) is 0. The van der Waals surface area contributed by atoms with E-state index in [-0.39, 0.29) is 18.2 Å². The topological polar surface area (TPSA) is 65.8 Å². The number of hydrogen-bond donors (Lipinski definition) is 0. The Morgan fingerprint density at radius 1 is 1.00 bits per heavy atom. The maximum Gasteiger partial charge on any atom is 0.329 e. The van der Waals surface area contributed by atoms with Crippen molar-refractivity contribution in [3.63, 3.8) is 0 Å². The molecule has 0 fully saturated rings. The molecule has 0 amide bonds. The lowest BCUT2D eigenvalue weighted by Crippen LogP contribution is -2.25. The molecule has 132 valence electrons. The fourth-order valence-electron chi connectivity index (χ4n) is 3.04. The van der Waals surface area contributed by atoms with Crippen LogP contribution in [0.2, 0.25) is 0 Å². The predicted octanol–water partition coefficient (Wildman–Crippen LogP) is 3.41. The molecule has 0 saturated heterocycles. The molecule has 4 rings (SSSR count). The maximum atomic E-state index is 13.1. The van der Waals surface area contributed by atoms with Gasteiger partial charge in [0, 0.05) is 12.1 Å². The molecule has 3 heterocycles. The van der Waals surface area contributed by atoms with Gasteiger partial charge in [-0.2, -0.15) is 0 Å². The first-order valence-electron chi connectivity index (χ1n) is 8.65. The highest BCUT2D eigenvalue weighted by molar-refractivity contribution is 5.75. The van der Waals surface area contributed by atoms with E-state index in [9.17, 15) is 4.79 Å². The minimum atomic E-state index is -0.0962. The van der Waals surface area contributed by atoms with Gasteiger partial charge in [-0.05, 0) is 11.6 Å².